The van der Waals surface area contributed by atoms with E-state index in [0.717, 1.165) is 10.6 Å². The normalized spacial score (nSPS) is 14.0. The molecule has 1 unspecified atom stereocenters. The van der Waals surface area contributed by atoms with Crippen LogP contribution >= 0.6 is 23.1 Å². The molecule has 2 heterocycles. The van der Waals surface area contributed by atoms with Crippen molar-refractivity contribution in [2.75, 3.05) is 0 Å². The molecule has 5 nitrogen and oxygen atoms in total. The Morgan fingerprint density at radius 2 is 2.00 bits per heavy atom. The third-order valence-corrected chi connectivity index (χ3v) is 4.08. The molecule has 0 radical (unpaired) electrons. The highest BCUT2D eigenvalue weighted by Gasteiger charge is 2.30. The fraction of sp³-hybridized carbons (Fsp3) is 0.615. The van der Waals surface area contributed by atoms with Crippen molar-refractivity contribution >= 4 is 23.1 Å². The zero-order valence-corrected chi connectivity index (χ0v) is 13.8. The number of nitrogens with zero attached hydrogens (tertiary/aromatic N) is 4. The molecule has 2 aromatic rings. The average molecular weight is 315 g/mol. The van der Waals surface area contributed by atoms with Gasteiger partial charge in [0.2, 0.25) is 0 Å². The first-order valence-corrected chi connectivity index (χ1v) is 7.62. The van der Waals surface area contributed by atoms with Crippen LogP contribution in [0, 0.1) is 0 Å². The number of rotatable bonds is 3. The second-order valence-corrected chi connectivity index (χ2v) is 7.25. The quantitative estimate of drug-likeness (QED) is 0.943. The van der Waals surface area contributed by atoms with Crippen LogP contribution in [0.5, 0.6) is 0 Å². The zero-order chi connectivity index (χ0) is 15.1. The van der Waals surface area contributed by atoms with Gasteiger partial charge in [-0.2, -0.15) is 5.10 Å². The highest BCUT2D eigenvalue weighted by molar-refractivity contribution is 7.05. The van der Waals surface area contributed by atoms with E-state index in [2.05, 4.69) is 14.7 Å². The van der Waals surface area contributed by atoms with E-state index < -0.39 is 6.10 Å². The van der Waals surface area contributed by atoms with Crippen LogP contribution in [0.25, 0.3) is 0 Å². The molecule has 0 aromatic carbocycles. The Morgan fingerprint density at radius 3 is 2.55 bits per heavy atom. The van der Waals surface area contributed by atoms with Crippen LogP contribution in [-0.4, -0.2) is 24.5 Å². The molecule has 2 rings (SSSR count). The molecule has 0 amide bonds. The number of hydrogen-bond acceptors (Lipinski definition) is 5. The molecular formula is C13H19ClN4OS. The Labute approximate surface area is 127 Å². The largest absolute Gasteiger partial charge is 0.381 e. The van der Waals surface area contributed by atoms with E-state index >= 15 is 0 Å². The lowest BCUT2D eigenvalue weighted by atomic mass is 9.90. The summed E-state index contributed by atoms with van der Waals surface area (Å²) in [7, 11) is 0. The minimum Gasteiger partial charge on any atom is -0.381 e. The summed E-state index contributed by atoms with van der Waals surface area (Å²) in [5.74, 6) is 0. The van der Waals surface area contributed by atoms with E-state index in [1.54, 1.807) is 10.9 Å². The van der Waals surface area contributed by atoms with Crippen molar-refractivity contribution in [2.45, 2.75) is 52.2 Å². The van der Waals surface area contributed by atoms with Gasteiger partial charge in [-0.25, -0.2) is 0 Å². The van der Waals surface area contributed by atoms with Crippen LogP contribution in [0.4, 0.5) is 0 Å². The van der Waals surface area contributed by atoms with Crippen LogP contribution < -0.4 is 0 Å². The van der Waals surface area contributed by atoms with Gasteiger partial charge in [0.1, 0.15) is 6.10 Å². The average Bonchev–Trinajstić information content (AvgIpc) is 2.92. The van der Waals surface area contributed by atoms with Crippen molar-refractivity contribution in [3.8, 4) is 0 Å². The number of halogens is 1. The molecule has 7 heteroatoms. The fourth-order valence-corrected chi connectivity index (χ4v) is 3.13. The zero-order valence-electron chi connectivity index (χ0n) is 12.3. The third kappa shape index (κ3) is 2.73. The molecule has 1 atom stereocenters. The van der Waals surface area contributed by atoms with Gasteiger partial charge in [0.05, 0.1) is 27.5 Å². The number of aliphatic hydroxyl groups excluding tert-OH is 1. The Balaban J connectivity index is 2.50. The lowest BCUT2D eigenvalue weighted by Gasteiger charge is -2.20. The van der Waals surface area contributed by atoms with E-state index in [-0.39, 0.29) is 11.5 Å². The molecule has 0 spiro atoms. The first-order chi connectivity index (χ1) is 9.23. The number of aliphatic hydroxyl groups is 1. The van der Waals surface area contributed by atoms with Crippen LogP contribution in [0.3, 0.4) is 0 Å². The van der Waals surface area contributed by atoms with Crippen molar-refractivity contribution in [3.63, 3.8) is 0 Å². The molecule has 0 aliphatic rings. The maximum atomic E-state index is 10.7. The third-order valence-electron chi connectivity index (χ3n) is 3.01. The molecule has 0 aliphatic carbocycles. The molecule has 2 aromatic heterocycles. The smallest absolute Gasteiger partial charge is 0.135 e. The van der Waals surface area contributed by atoms with Gasteiger partial charge in [-0.05, 0) is 25.4 Å². The van der Waals surface area contributed by atoms with Crippen molar-refractivity contribution in [1.29, 1.82) is 0 Å². The van der Waals surface area contributed by atoms with Crippen LogP contribution in [0.1, 0.15) is 63.0 Å². The standard InChI is InChI=1S/C13H19ClN4OS/c1-7(2)18-9(8(14)6-15-18)10(19)11-12(13(3,4)5)16-17-20-11/h6-7,10,19H,1-5H3. The summed E-state index contributed by atoms with van der Waals surface area (Å²) in [6, 6.07) is 0.117. The summed E-state index contributed by atoms with van der Waals surface area (Å²) in [5, 5.41) is 19.6. The van der Waals surface area contributed by atoms with E-state index in [0.29, 0.717) is 10.7 Å². The van der Waals surface area contributed by atoms with Crippen molar-refractivity contribution < 1.29 is 5.11 Å². The monoisotopic (exact) mass is 314 g/mol. The summed E-state index contributed by atoms with van der Waals surface area (Å²) in [6.45, 7) is 10.1. The van der Waals surface area contributed by atoms with Crippen molar-refractivity contribution in [2.24, 2.45) is 0 Å². The maximum Gasteiger partial charge on any atom is 0.135 e. The first-order valence-electron chi connectivity index (χ1n) is 6.47. The predicted octanol–water partition coefficient (Wildman–Crippen LogP) is 3.35. The highest BCUT2D eigenvalue weighted by Crippen LogP contribution is 2.36. The molecule has 0 aliphatic heterocycles. The Morgan fingerprint density at radius 1 is 1.35 bits per heavy atom. The van der Waals surface area contributed by atoms with Gasteiger partial charge in [-0.15, -0.1) is 5.10 Å². The van der Waals surface area contributed by atoms with E-state index in [4.69, 9.17) is 11.6 Å². The molecule has 0 bridgehead atoms. The second-order valence-electron chi connectivity index (χ2n) is 6.05. The lowest BCUT2D eigenvalue weighted by Crippen LogP contribution is -2.18. The topological polar surface area (TPSA) is 63.8 Å². The van der Waals surface area contributed by atoms with Gasteiger partial charge >= 0.3 is 0 Å². The second kappa shape index (κ2) is 5.42. The van der Waals surface area contributed by atoms with Gasteiger partial charge in [0.25, 0.3) is 0 Å². The maximum absolute atomic E-state index is 10.7. The molecule has 20 heavy (non-hydrogen) atoms. The van der Waals surface area contributed by atoms with Gasteiger partial charge in [-0.3, -0.25) is 4.68 Å². The molecule has 1 N–H and O–H groups in total. The Bertz CT molecular complexity index is 600. The molecule has 0 saturated carbocycles. The lowest BCUT2D eigenvalue weighted by molar-refractivity contribution is 0.206. The van der Waals surface area contributed by atoms with Gasteiger partial charge in [-0.1, -0.05) is 36.9 Å². The summed E-state index contributed by atoms with van der Waals surface area (Å²) < 4.78 is 5.72. The summed E-state index contributed by atoms with van der Waals surface area (Å²) >= 11 is 7.39. The van der Waals surface area contributed by atoms with Crippen molar-refractivity contribution in [3.05, 3.63) is 27.5 Å². The van der Waals surface area contributed by atoms with Crippen LogP contribution in [0.15, 0.2) is 6.20 Å². The minimum atomic E-state index is -0.860. The van der Waals surface area contributed by atoms with E-state index in [1.165, 1.54) is 11.5 Å². The number of aromatic nitrogens is 4. The van der Waals surface area contributed by atoms with Gasteiger partial charge in [0.15, 0.2) is 0 Å². The fourth-order valence-electron chi connectivity index (χ4n) is 2.04. The molecular weight excluding hydrogens is 296 g/mol. The summed E-state index contributed by atoms with van der Waals surface area (Å²) in [4.78, 5) is 0.724. The first kappa shape index (κ1) is 15.4. The minimum absolute atomic E-state index is 0.117. The molecule has 110 valence electrons. The molecule has 0 saturated heterocycles. The van der Waals surface area contributed by atoms with Gasteiger partial charge in [0, 0.05) is 11.5 Å². The molecule has 0 fully saturated rings. The highest BCUT2D eigenvalue weighted by atomic mass is 35.5. The van der Waals surface area contributed by atoms with Crippen LogP contribution in [0.2, 0.25) is 5.02 Å². The van der Waals surface area contributed by atoms with Crippen molar-refractivity contribution in [1.82, 2.24) is 19.4 Å². The van der Waals surface area contributed by atoms with Gasteiger partial charge < -0.3 is 5.11 Å². The predicted molar refractivity (Wildman–Crippen MR) is 80.3 cm³/mol. The van der Waals surface area contributed by atoms with E-state index in [1.807, 2.05) is 34.6 Å². The van der Waals surface area contributed by atoms with E-state index in [9.17, 15) is 5.11 Å². The van der Waals surface area contributed by atoms with Crippen LogP contribution in [-0.2, 0) is 5.41 Å². The SMILES string of the molecule is CC(C)n1ncc(Cl)c1C(O)c1snnc1C(C)(C)C. The Hall–Kier alpha value is -0.980. The summed E-state index contributed by atoms with van der Waals surface area (Å²) in [5.41, 5.74) is 1.21. The Kier molecular flexibility index (Phi) is 4.18. The summed E-state index contributed by atoms with van der Waals surface area (Å²) in [6.07, 6.45) is 0.701. The number of hydrogen-bond donors (Lipinski definition) is 1.